The Morgan fingerprint density at radius 2 is 2.18 bits per heavy atom. The highest BCUT2D eigenvalue weighted by Gasteiger charge is 2.08. The lowest BCUT2D eigenvalue weighted by atomic mass is 10.3. The van der Waals surface area contributed by atoms with Gasteiger partial charge in [0.1, 0.15) is 0 Å². The molecule has 4 nitrogen and oxygen atoms in total. The summed E-state index contributed by atoms with van der Waals surface area (Å²) in [5.41, 5.74) is 1.07. The highest BCUT2D eigenvalue weighted by atomic mass is 32.2. The lowest BCUT2D eigenvalue weighted by Gasteiger charge is -2.05. The average Bonchev–Trinajstić information content (AvgIpc) is 2.34. The highest BCUT2D eigenvalue weighted by Crippen LogP contribution is 1.97. The Bertz CT molecular complexity index is 404. The Hall–Kier alpha value is -0.940. The number of hydrogen-bond acceptors (Lipinski definition) is 4. The van der Waals surface area contributed by atoms with Gasteiger partial charge in [-0.15, -0.1) is 0 Å². The lowest BCUT2D eigenvalue weighted by Crippen LogP contribution is -2.24. The topological polar surface area (TPSA) is 59.1 Å². The van der Waals surface area contributed by atoms with Gasteiger partial charge in [-0.25, -0.2) is 8.42 Å². The number of pyridine rings is 1. The minimum atomic E-state index is -2.88. The standard InChI is InChI=1S/C12H20N2O2S/c1-2-3-8-17(15,16)9-7-14-11-12-5-4-6-13-10-12/h4-6,10,14H,2-3,7-9,11H2,1H3. The van der Waals surface area contributed by atoms with E-state index in [0.717, 1.165) is 18.4 Å². The summed E-state index contributed by atoms with van der Waals surface area (Å²) in [6, 6.07) is 3.83. The van der Waals surface area contributed by atoms with Crippen molar-refractivity contribution in [1.82, 2.24) is 10.3 Å². The fourth-order valence-electron chi connectivity index (χ4n) is 1.43. The van der Waals surface area contributed by atoms with Gasteiger partial charge in [0, 0.05) is 25.5 Å². The molecule has 96 valence electrons. The maximum atomic E-state index is 11.5. The molecule has 0 amide bonds. The van der Waals surface area contributed by atoms with E-state index in [1.165, 1.54) is 0 Å². The summed E-state index contributed by atoms with van der Waals surface area (Å²) in [6.45, 7) is 3.16. The van der Waals surface area contributed by atoms with Crippen LogP contribution in [0.3, 0.4) is 0 Å². The van der Waals surface area contributed by atoms with Crippen molar-refractivity contribution in [2.24, 2.45) is 0 Å². The van der Waals surface area contributed by atoms with Gasteiger partial charge in [0.2, 0.25) is 0 Å². The van der Waals surface area contributed by atoms with E-state index in [9.17, 15) is 8.42 Å². The van der Waals surface area contributed by atoms with Crippen LogP contribution >= 0.6 is 0 Å². The van der Waals surface area contributed by atoms with Crippen LogP contribution < -0.4 is 5.32 Å². The quantitative estimate of drug-likeness (QED) is 0.714. The van der Waals surface area contributed by atoms with Crippen molar-refractivity contribution < 1.29 is 8.42 Å². The van der Waals surface area contributed by atoms with Crippen LogP contribution in [0.5, 0.6) is 0 Å². The maximum absolute atomic E-state index is 11.5. The molecule has 0 aliphatic rings. The van der Waals surface area contributed by atoms with Crippen molar-refractivity contribution in [1.29, 1.82) is 0 Å². The molecule has 1 aromatic heterocycles. The summed E-state index contributed by atoms with van der Waals surface area (Å²) < 4.78 is 23.1. The minimum Gasteiger partial charge on any atom is -0.312 e. The van der Waals surface area contributed by atoms with E-state index in [0.29, 0.717) is 18.8 Å². The minimum absolute atomic E-state index is 0.216. The molecule has 0 saturated heterocycles. The average molecular weight is 256 g/mol. The molecule has 0 radical (unpaired) electrons. The molecule has 1 aromatic rings. The summed E-state index contributed by atoms with van der Waals surface area (Å²) >= 11 is 0. The third-order valence-corrected chi connectivity index (χ3v) is 4.19. The Morgan fingerprint density at radius 3 is 2.82 bits per heavy atom. The molecule has 1 N–H and O–H groups in total. The van der Waals surface area contributed by atoms with Gasteiger partial charge >= 0.3 is 0 Å². The van der Waals surface area contributed by atoms with Crippen molar-refractivity contribution in [3.05, 3.63) is 30.1 Å². The molecule has 0 aliphatic heterocycles. The Balaban J connectivity index is 2.20. The van der Waals surface area contributed by atoms with Crippen molar-refractivity contribution in [2.75, 3.05) is 18.1 Å². The van der Waals surface area contributed by atoms with Gasteiger partial charge in [-0.05, 0) is 18.1 Å². The fourth-order valence-corrected chi connectivity index (χ4v) is 2.82. The van der Waals surface area contributed by atoms with E-state index in [4.69, 9.17) is 0 Å². The van der Waals surface area contributed by atoms with E-state index in [1.54, 1.807) is 12.4 Å². The van der Waals surface area contributed by atoms with Crippen LogP contribution in [0.15, 0.2) is 24.5 Å². The van der Waals surface area contributed by atoms with E-state index in [1.807, 2.05) is 19.1 Å². The molecule has 5 heteroatoms. The van der Waals surface area contributed by atoms with Crippen molar-refractivity contribution in [3.8, 4) is 0 Å². The van der Waals surface area contributed by atoms with Crippen LogP contribution in [0.1, 0.15) is 25.3 Å². The summed E-state index contributed by atoms with van der Waals surface area (Å²) in [5.74, 6) is 0.519. The maximum Gasteiger partial charge on any atom is 0.151 e. The third-order valence-electron chi connectivity index (χ3n) is 2.45. The number of rotatable bonds is 8. The molecule has 1 rings (SSSR count). The van der Waals surface area contributed by atoms with Gasteiger partial charge in [-0.2, -0.15) is 0 Å². The largest absolute Gasteiger partial charge is 0.312 e. The van der Waals surface area contributed by atoms with E-state index < -0.39 is 9.84 Å². The van der Waals surface area contributed by atoms with Gasteiger partial charge in [-0.1, -0.05) is 19.4 Å². The third kappa shape index (κ3) is 6.38. The molecule has 0 atom stereocenters. The molecular weight excluding hydrogens is 236 g/mol. The van der Waals surface area contributed by atoms with Gasteiger partial charge in [0.05, 0.1) is 11.5 Å². The van der Waals surface area contributed by atoms with Crippen LogP contribution in [0.25, 0.3) is 0 Å². The normalized spacial score (nSPS) is 11.6. The van der Waals surface area contributed by atoms with Crippen molar-refractivity contribution >= 4 is 9.84 Å². The Morgan fingerprint density at radius 1 is 1.35 bits per heavy atom. The smallest absolute Gasteiger partial charge is 0.151 e. The molecule has 0 aliphatic carbocycles. The van der Waals surface area contributed by atoms with Crippen LogP contribution in [0, 0.1) is 0 Å². The van der Waals surface area contributed by atoms with Gasteiger partial charge < -0.3 is 5.32 Å². The predicted molar refractivity (Wildman–Crippen MR) is 69.5 cm³/mol. The summed E-state index contributed by atoms with van der Waals surface area (Å²) in [7, 11) is -2.88. The van der Waals surface area contributed by atoms with E-state index in [-0.39, 0.29) is 5.75 Å². The van der Waals surface area contributed by atoms with E-state index in [2.05, 4.69) is 10.3 Å². The first-order valence-electron chi connectivity index (χ1n) is 5.94. The molecular formula is C12H20N2O2S. The molecule has 0 unspecified atom stereocenters. The van der Waals surface area contributed by atoms with Crippen LogP contribution in [0.4, 0.5) is 0 Å². The number of nitrogens with one attached hydrogen (secondary N) is 1. The van der Waals surface area contributed by atoms with E-state index >= 15 is 0 Å². The fraction of sp³-hybridized carbons (Fsp3) is 0.583. The van der Waals surface area contributed by atoms with Crippen LogP contribution in [-0.4, -0.2) is 31.5 Å². The second-order valence-electron chi connectivity index (χ2n) is 4.04. The number of aromatic nitrogens is 1. The molecule has 0 bridgehead atoms. The molecule has 0 fully saturated rings. The van der Waals surface area contributed by atoms with Crippen molar-refractivity contribution in [2.45, 2.75) is 26.3 Å². The number of sulfone groups is 1. The van der Waals surface area contributed by atoms with Gasteiger partial charge in [-0.3, -0.25) is 4.98 Å². The first-order valence-corrected chi connectivity index (χ1v) is 7.76. The first kappa shape index (κ1) is 14.1. The molecule has 0 aromatic carbocycles. The summed E-state index contributed by atoms with van der Waals surface area (Å²) in [6.07, 6.45) is 5.17. The van der Waals surface area contributed by atoms with Crippen LogP contribution in [-0.2, 0) is 16.4 Å². The number of hydrogen-bond donors (Lipinski definition) is 1. The predicted octanol–water partition coefficient (Wildman–Crippen LogP) is 1.39. The number of unbranched alkanes of at least 4 members (excludes halogenated alkanes) is 1. The van der Waals surface area contributed by atoms with Gasteiger partial charge in [0.15, 0.2) is 9.84 Å². The molecule has 1 heterocycles. The monoisotopic (exact) mass is 256 g/mol. The van der Waals surface area contributed by atoms with Crippen LogP contribution in [0.2, 0.25) is 0 Å². The first-order chi connectivity index (χ1) is 8.14. The Kier molecular flexibility index (Phi) is 6.15. The molecule has 17 heavy (non-hydrogen) atoms. The SMILES string of the molecule is CCCCS(=O)(=O)CCNCc1cccnc1. The summed E-state index contributed by atoms with van der Waals surface area (Å²) in [4.78, 5) is 3.99. The Labute approximate surface area is 103 Å². The van der Waals surface area contributed by atoms with Crippen molar-refractivity contribution in [3.63, 3.8) is 0 Å². The highest BCUT2D eigenvalue weighted by molar-refractivity contribution is 7.91. The second kappa shape index (κ2) is 7.40. The van der Waals surface area contributed by atoms with Gasteiger partial charge in [0.25, 0.3) is 0 Å². The molecule has 0 saturated carbocycles. The summed E-state index contributed by atoms with van der Waals surface area (Å²) in [5, 5.41) is 3.12. The zero-order valence-corrected chi connectivity index (χ0v) is 11.0. The molecule has 0 spiro atoms. The zero-order chi connectivity index (χ0) is 12.6. The second-order valence-corrected chi connectivity index (χ2v) is 6.35. The zero-order valence-electron chi connectivity index (χ0n) is 10.2. The lowest BCUT2D eigenvalue weighted by molar-refractivity contribution is 0.587. The number of nitrogens with zero attached hydrogens (tertiary/aromatic N) is 1.